The lowest BCUT2D eigenvalue weighted by Crippen LogP contribution is -2.27. The van der Waals surface area contributed by atoms with Gasteiger partial charge in [0.15, 0.2) is 15.8 Å². The molecule has 28 heavy (non-hydrogen) atoms. The van der Waals surface area contributed by atoms with Crippen molar-refractivity contribution in [2.24, 2.45) is 0 Å². The smallest absolute Gasteiger partial charge is 0.308 e. The third-order valence-corrected chi connectivity index (χ3v) is 5.87. The molecule has 0 radical (unpaired) electrons. The van der Waals surface area contributed by atoms with Crippen LogP contribution in [0.3, 0.4) is 0 Å². The second-order valence-electron chi connectivity index (χ2n) is 5.72. The van der Waals surface area contributed by atoms with E-state index in [0.717, 1.165) is 16.1 Å². The quantitative estimate of drug-likeness (QED) is 0.223. The van der Waals surface area contributed by atoms with Crippen molar-refractivity contribution in [3.63, 3.8) is 0 Å². The minimum atomic E-state index is -0.431. The lowest BCUT2D eigenvalue weighted by Gasteiger charge is -2.15. The molecule has 144 valence electrons. The van der Waals surface area contributed by atoms with Gasteiger partial charge in [-0.25, -0.2) is 0 Å². The standard InChI is InChI=1S/C20H17NO4S3/c1-12(22)25-16-8-7-13(9-17(16)24-2)10-18-19(23)21(20(26)28-18)14-5-4-6-15(11-14)27-3/h4-11H,1-3H3/b18-10-. The second kappa shape index (κ2) is 8.81. The zero-order valence-electron chi connectivity index (χ0n) is 15.4. The third kappa shape index (κ3) is 4.40. The number of hydrogen-bond donors (Lipinski definition) is 0. The van der Waals surface area contributed by atoms with Gasteiger partial charge in [-0.05, 0) is 48.2 Å². The van der Waals surface area contributed by atoms with Gasteiger partial charge in [0, 0.05) is 11.8 Å². The van der Waals surface area contributed by atoms with E-state index in [-0.39, 0.29) is 5.91 Å². The first-order valence-corrected chi connectivity index (χ1v) is 10.7. The normalized spacial score (nSPS) is 15.2. The van der Waals surface area contributed by atoms with E-state index in [1.165, 1.54) is 30.7 Å². The van der Waals surface area contributed by atoms with Gasteiger partial charge >= 0.3 is 5.97 Å². The fraction of sp³-hybridized carbons (Fsp3) is 0.150. The summed E-state index contributed by atoms with van der Waals surface area (Å²) in [6, 6.07) is 12.8. The number of ether oxygens (including phenoxy) is 2. The summed E-state index contributed by atoms with van der Waals surface area (Å²) in [5.74, 6) is 0.136. The third-order valence-electron chi connectivity index (χ3n) is 3.84. The minimum Gasteiger partial charge on any atom is -0.493 e. The molecule has 0 saturated carbocycles. The van der Waals surface area contributed by atoms with Gasteiger partial charge in [0.25, 0.3) is 5.91 Å². The van der Waals surface area contributed by atoms with Crippen LogP contribution in [0.1, 0.15) is 12.5 Å². The van der Waals surface area contributed by atoms with Crippen LogP contribution >= 0.6 is 35.7 Å². The first-order chi connectivity index (χ1) is 13.4. The number of carbonyl (C=O) groups excluding carboxylic acids is 2. The molecule has 0 aliphatic carbocycles. The van der Waals surface area contributed by atoms with Gasteiger partial charge in [0.2, 0.25) is 0 Å². The number of rotatable bonds is 5. The summed E-state index contributed by atoms with van der Waals surface area (Å²) in [4.78, 5) is 27.2. The summed E-state index contributed by atoms with van der Waals surface area (Å²) in [7, 11) is 1.49. The van der Waals surface area contributed by atoms with E-state index >= 15 is 0 Å². The van der Waals surface area contributed by atoms with Crippen LogP contribution < -0.4 is 14.4 Å². The summed E-state index contributed by atoms with van der Waals surface area (Å²) in [5, 5.41) is 0. The maximum atomic E-state index is 12.9. The predicted molar refractivity (Wildman–Crippen MR) is 118 cm³/mol. The molecule has 1 amide bonds. The SMILES string of the molecule is COc1cc(/C=C2\SC(=S)N(c3cccc(SC)c3)C2=O)ccc1OC(C)=O. The molecule has 3 rings (SSSR count). The highest BCUT2D eigenvalue weighted by Crippen LogP contribution is 2.38. The van der Waals surface area contributed by atoms with Crippen LogP contribution in [0.2, 0.25) is 0 Å². The van der Waals surface area contributed by atoms with Crippen LogP contribution in [-0.4, -0.2) is 29.6 Å². The molecule has 2 aromatic rings. The molecular weight excluding hydrogens is 414 g/mol. The lowest BCUT2D eigenvalue weighted by atomic mass is 10.2. The van der Waals surface area contributed by atoms with Crippen molar-refractivity contribution in [2.45, 2.75) is 11.8 Å². The molecular formula is C20H17NO4S3. The van der Waals surface area contributed by atoms with E-state index in [1.807, 2.05) is 30.5 Å². The predicted octanol–water partition coefficient (Wildman–Crippen LogP) is 4.75. The monoisotopic (exact) mass is 431 g/mol. The average Bonchev–Trinajstić information content (AvgIpc) is 2.95. The van der Waals surface area contributed by atoms with Crippen LogP contribution in [0.15, 0.2) is 52.3 Å². The Morgan fingerprint density at radius 3 is 2.68 bits per heavy atom. The van der Waals surface area contributed by atoms with Crippen molar-refractivity contribution in [1.29, 1.82) is 0 Å². The molecule has 1 aliphatic heterocycles. The van der Waals surface area contributed by atoms with E-state index in [0.29, 0.717) is 20.7 Å². The van der Waals surface area contributed by atoms with E-state index in [4.69, 9.17) is 21.7 Å². The lowest BCUT2D eigenvalue weighted by molar-refractivity contribution is -0.132. The summed E-state index contributed by atoms with van der Waals surface area (Å²) in [6.45, 7) is 1.32. The van der Waals surface area contributed by atoms with Gasteiger partial charge in [0.05, 0.1) is 17.7 Å². The first kappa shape index (κ1) is 20.4. The maximum absolute atomic E-state index is 12.9. The molecule has 0 N–H and O–H groups in total. The number of anilines is 1. The fourth-order valence-corrected chi connectivity index (χ4v) is 4.36. The Kier molecular flexibility index (Phi) is 6.43. The van der Waals surface area contributed by atoms with Crippen molar-refractivity contribution in [2.75, 3.05) is 18.3 Å². The Morgan fingerprint density at radius 1 is 1.21 bits per heavy atom. The topological polar surface area (TPSA) is 55.8 Å². The highest BCUT2D eigenvalue weighted by molar-refractivity contribution is 8.27. The highest BCUT2D eigenvalue weighted by atomic mass is 32.2. The second-order valence-corrected chi connectivity index (χ2v) is 8.28. The van der Waals surface area contributed by atoms with Crippen molar-refractivity contribution >= 4 is 63.7 Å². The summed E-state index contributed by atoms with van der Waals surface area (Å²) < 4.78 is 10.9. The molecule has 1 fully saturated rings. The molecule has 1 aliphatic rings. The summed E-state index contributed by atoms with van der Waals surface area (Å²) >= 11 is 8.28. The van der Waals surface area contributed by atoms with Crippen molar-refractivity contribution in [1.82, 2.24) is 0 Å². The average molecular weight is 432 g/mol. The van der Waals surface area contributed by atoms with Gasteiger partial charge in [-0.1, -0.05) is 36.1 Å². The number of thioether (sulfide) groups is 2. The maximum Gasteiger partial charge on any atom is 0.308 e. The molecule has 0 aromatic heterocycles. The molecule has 0 unspecified atom stereocenters. The molecule has 8 heteroatoms. The van der Waals surface area contributed by atoms with E-state index in [9.17, 15) is 9.59 Å². The van der Waals surface area contributed by atoms with Crippen LogP contribution in [0, 0.1) is 0 Å². The van der Waals surface area contributed by atoms with Crippen molar-refractivity contribution < 1.29 is 19.1 Å². The Hall–Kier alpha value is -2.29. The zero-order chi connectivity index (χ0) is 20.3. The number of nitrogens with zero attached hydrogens (tertiary/aromatic N) is 1. The van der Waals surface area contributed by atoms with Crippen LogP contribution in [0.25, 0.3) is 6.08 Å². The fourth-order valence-electron chi connectivity index (χ4n) is 2.60. The molecule has 0 bridgehead atoms. The van der Waals surface area contributed by atoms with Gasteiger partial charge in [-0.3, -0.25) is 14.5 Å². The van der Waals surface area contributed by atoms with Crippen LogP contribution in [-0.2, 0) is 9.59 Å². The molecule has 2 aromatic carbocycles. The van der Waals surface area contributed by atoms with E-state index in [1.54, 1.807) is 36.0 Å². The van der Waals surface area contributed by atoms with Gasteiger partial charge in [-0.2, -0.15) is 0 Å². The molecule has 0 spiro atoms. The Bertz CT molecular complexity index is 987. The van der Waals surface area contributed by atoms with Crippen LogP contribution in [0.5, 0.6) is 11.5 Å². The van der Waals surface area contributed by atoms with Crippen molar-refractivity contribution in [3.05, 3.63) is 52.9 Å². The largest absolute Gasteiger partial charge is 0.493 e. The van der Waals surface area contributed by atoms with Gasteiger partial charge in [0.1, 0.15) is 0 Å². The summed E-state index contributed by atoms with van der Waals surface area (Å²) in [5.41, 5.74) is 1.49. The van der Waals surface area contributed by atoms with Crippen LogP contribution in [0.4, 0.5) is 5.69 Å². The number of esters is 1. The van der Waals surface area contributed by atoms with E-state index in [2.05, 4.69) is 0 Å². The number of benzene rings is 2. The molecule has 5 nitrogen and oxygen atoms in total. The van der Waals surface area contributed by atoms with Gasteiger partial charge < -0.3 is 9.47 Å². The minimum absolute atomic E-state index is 0.170. The van der Waals surface area contributed by atoms with Gasteiger partial charge in [-0.15, -0.1) is 11.8 Å². The number of methoxy groups -OCH3 is 1. The number of amides is 1. The molecule has 0 atom stereocenters. The Balaban J connectivity index is 1.90. The first-order valence-electron chi connectivity index (χ1n) is 8.21. The summed E-state index contributed by atoms with van der Waals surface area (Å²) in [6.07, 6.45) is 3.73. The molecule has 1 saturated heterocycles. The zero-order valence-corrected chi connectivity index (χ0v) is 17.9. The Labute approximate surface area is 177 Å². The van der Waals surface area contributed by atoms with E-state index < -0.39 is 5.97 Å². The molecule has 1 heterocycles. The highest BCUT2D eigenvalue weighted by Gasteiger charge is 2.33. The van der Waals surface area contributed by atoms with Crippen molar-refractivity contribution in [3.8, 4) is 11.5 Å². The number of hydrogen-bond acceptors (Lipinski definition) is 7. The number of thiocarbonyl (C=S) groups is 1. The number of carbonyl (C=O) groups is 2. The Morgan fingerprint density at radius 2 is 2.00 bits per heavy atom.